The minimum absolute atomic E-state index is 0.0593. The van der Waals surface area contributed by atoms with Crippen molar-refractivity contribution in [3.63, 3.8) is 0 Å². The van der Waals surface area contributed by atoms with Crippen LogP contribution in [0.25, 0.3) is 0 Å². The fourth-order valence-corrected chi connectivity index (χ4v) is 2.19. The van der Waals surface area contributed by atoms with Crippen LogP contribution in [0.2, 0.25) is 0 Å². The lowest BCUT2D eigenvalue weighted by Crippen LogP contribution is -2.26. The summed E-state index contributed by atoms with van der Waals surface area (Å²) in [6.45, 7) is -3.08. The van der Waals surface area contributed by atoms with E-state index >= 15 is 0 Å². The van der Waals surface area contributed by atoms with Crippen molar-refractivity contribution in [2.75, 3.05) is 26.1 Å². The van der Waals surface area contributed by atoms with Gasteiger partial charge in [0.05, 0.1) is 32.7 Å². The van der Waals surface area contributed by atoms with E-state index in [1.807, 2.05) is 6.07 Å². The molecule has 0 heterocycles. The number of nitrogens with zero attached hydrogens (tertiary/aromatic N) is 1. The molecule has 0 aliphatic rings. The van der Waals surface area contributed by atoms with Crippen LogP contribution in [0.5, 0.6) is 17.2 Å². The Balaban J connectivity index is 1.97. The van der Waals surface area contributed by atoms with Crippen LogP contribution in [0, 0.1) is 0 Å². The van der Waals surface area contributed by atoms with E-state index in [-0.39, 0.29) is 23.6 Å². The van der Waals surface area contributed by atoms with Gasteiger partial charge in [-0.3, -0.25) is 4.79 Å². The molecule has 0 aliphatic heterocycles. The number of hydrazone groups is 1. The number of halogens is 2. The van der Waals surface area contributed by atoms with Crippen LogP contribution < -0.4 is 25.0 Å². The lowest BCUT2D eigenvalue weighted by molar-refractivity contribution is -0.119. The van der Waals surface area contributed by atoms with E-state index in [2.05, 4.69) is 20.6 Å². The van der Waals surface area contributed by atoms with E-state index in [0.29, 0.717) is 11.4 Å². The fraction of sp³-hybridized carbons (Fsp3) is 0.222. The number of hydrogen-bond donors (Lipinski definition) is 2. The lowest BCUT2D eigenvalue weighted by atomic mass is 10.2. The van der Waals surface area contributed by atoms with Crippen LogP contribution >= 0.6 is 0 Å². The fourth-order valence-electron chi connectivity index (χ4n) is 2.19. The molecule has 2 rings (SSSR count). The van der Waals surface area contributed by atoms with Gasteiger partial charge in [0, 0.05) is 5.56 Å². The van der Waals surface area contributed by atoms with E-state index in [4.69, 9.17) is 9.47 Å². The number of para-hydroxylation sites is 3. The highest BCUT2D eigenvalue weighted by molar-refractivity contribution is 5.87. The van der Waals surface area contributed by atoms with Crippen molar-refractivity contribution in [1.29, 1.82) is 0 Å². The van der Waals surface area contributed by atoms with Gasteiger partial charge < -0.3 is 19.5 Å². The Kier molecular flexibility index (Phi) is 7.36. The maximum Gasteiger partial charge on any atom is 0.387 e. The second-order valence-electron chi connectivity index (χ2n) is 5.10. The number of ether oxygens (including phenoxy) is 3. The number of carbonyl (C=O) groups is 1. The number of methoxy groups -OCH3 is 2. The summed E-state index contributed by atoms with van der Waals surface area (Å²) < 4.78 is 39.8. The standard InChI is InChI=1S/C18H19F2N3O4/c1-25-14-8-4-3-7-13(14)21-11-16(24)23-22-10-12-6-5-9-15(26-2)17(12)27-18(19)20/h3-10,18,21H,11H2,1-2H3,(H,23,24)/b22-10-. The Morgan fingerprint density at radius 2 is 1.81 bits per heavy atom. The van der Waals surface area contributed by atoms with Crippen LogP contribution in [0.3, 0.4) is 0 Å². The van der Waals surface area contributed by atoms with Crippen molar-refractivity contribution in [3.8, 4) is 17.2 Å². The molecule has 27 heavy (non-hydrogen) atoms. The van der Waals surface area contributed by atoms with Crippen LogP contribution in [0.15, 0.2) is 47.6 Å². The first kappa shape index (κ1) is 20.0. The Bertz CT molecular complexity index is 800. The molecule has 0 saturated heterocycles. The molecule has 0 radical (unpaired) electrons. The third-order valence-corrected chi connectivity index (χ3v) is 3.38. The Morgan fingerprint density at radius 3 is 2.52 bits per heavy atom. The van der Waals surface area contributed by atoms with Crippen LogP contribution in [0.4, 0.5) is 14.5 Å². The number of nitrogens with one attached hydrogen (secondary N) is 2. The van der Waals surface area contributed by atoms with Gasteiger partial charge in [0.1, 0.15) is 5.75 Å². The quantitative estimate of drug-likeness (QED) is 0.517. The van der Waals surface area contributed by atoms with Crippen LogP contribution in [-0.2, 0) is 4.79 Å². The molecule has 9 heteroatoms. The smallest absolute Gasteiger partial charge is 0.387 e. The van der Waals surface area contributed by atoms with Gasteiger partial charge in [0.25, 0.3) is 5.91 Å². The number of rotatable bonds is 9. The molecule has 0 aromatic heterocycles. The predicted octanol–water partition coefficient (Wildman–Crippen LogP) is 2.87. The van der Waals surface area contributed by atoms with Crippen LogP contribution in [0.1, 0.15) is 5.56 Å². The normalized spacial score (nSPS) is 10.7. The van der Waals surface area contributed by atoms with E-state index in [0.717, 1.165) is 0 Å². The monoisotopic (exact) mass is 379 g/mol. The zero-order valence-corrected chi connectivity index (χ0v) is 14.7. The van der Waals surface area contributed by atoms with Gasteiger partial charge in [-0.05, 0) is 24.3 Å². The number of benzene rings is 2. The molecule has 0 bridgehead atoms. The minimum atomic E-state index is -3.02. The lowest BCUT2D eigenvalue weighted by Gasteiger charge is -2.12. The molecular formula is C18H19F2N3O4. The van der Waals surface area contributed by atoms with Gasteiger partial charge in [-0.2, -0.15) is 13.9 Å². The Morgan fingerprint density at radius 1 is 1.11 bits per heavy atom. The third kappa shape index (κ3) is 5.84. The van der Waals surface area contributed by atoms with E-state index < -0.39 is 12.5 Å². The SMILES string of the molecule is COc1ccccc1NCC(=O)N/N=C\c1cccc(OC)c1OC(F)F. The summed E-state index contributed by atoms with van der Waals surface area (Å²) in [7, 11) is 2.86. The van der Waals surface area contributed by atoms with Crippen molar-refractivity contribution in [3.05, 3.63) is 48.0 Å². The first-order chi connectivity index (χ1) is 13.0. The molecule has 0 fully saturated rings. The summed E-state index contributed by atoms with van der Waals surface area (Å²) >= 11 is 0. The third-order valence-electron chi connectivity index (χ3n) is 3.38. The highest BCUT2D eigenvalue weighted by Gasteiger charge is 2.14. The highest BCUT2D eigenvalue weighted by Crippen LogP contribution is 2.31. The molecule has 0 unspecified atom stereocenters. The first-order valence-electron chi connectivity index (χ1n) is 7.85. The maximum atomic E-state index is 12.6. The maximum absolute atomic E-state index is 12.6. The first-order valence-corrected chi connectivity index (χ1v) is 7.85. The van der Waals surface area contributed by atoms with E-state index in [1.165, 1.54) is 32.6 Å². The van der Waals surface area contributed by atoms with Gasteiger partial charge in [-0.1, -0.05) is 18.2 Å². The summed E-state index contributed by atoms with van der Waals surface area (Å²) in [4.78, 5) is 11.9. The Hall–Kier alpha value is -3.36. The van der Waals surface area contributed by atoms with E-state index in [9.17, 15) is 13.6 Å². The van der Waals surface area contributed by atoms with Gasteiger partial charge in [-0.25, -0.2) is 5.43 Å². The van der Waals surface area contributed by atoms with Crippen molar-refractivity contribution in [2.45, 2.75) is 6.61 Å². The molecule has 0 spiro atoms. The van der Waals surface area contributed by atoms with E-state index in [1.54, 1.807) is 24.3 Å². The number of anilines is 1. The molecule has 0 atom stereocenters. The van der Waals surface area contributed by atoms with Gasteiger partial charge in [-0.15, -0.1) is 0 Å². The second kappa shape index (κ2) is 9.95. The largest absolute Gasteiger partial charge is 0.495 e. The van der Waals surface area contributed by atoms with Crippen molar-refractivity contribution < 1.29 is 27.8 Å². The van der Waals surface area contributed by atoms with Crippen molar-refractivity contribution in [1.82, 2.24) is 5.43 Å². The topological polar surface area (TPSA) is 81.2 Å². The molecule has 2 aromatic carbocycles. The Labute approximate surface area is 154 Å². The molecule has 0 saturated carbocycles. The zero-order chi connectivity index (χ0) is 19.6. The number of hydrogen-bond acceptors (Lipinski definition) is 6. The number of alkyl halides is 2. The summed E-state index contributed by atoms with van der Waals surface area (Å²) in [6, 6.07) is 11.7. The van der Waals surface area contributed by atoms with Crippen LogP contribution in [-0.4, -0.2) is 39.5 Å². The van der Waals surface area contributed by atoms with Crippen molar-refractivity contribution >= 4 is 17.8 Å². The molecule has 2 aromatic rings. The molecule has 0 aliphatic carbocycles. The average Bonchev–Trinajstić information content (AvgIpc) is 2.67. The number of amides is 1. The molecular weight excluding hydrogens is 360 g/mol. The summed E-state index contributed by atoms with van der Waals surface area (Å²) in [5.74, 6) is 0.124. The molecule has 2 N–H and O–H groups in total. The van der Waals surface area contributed by atoms with Gasteiger partial charge >= 0.3 is 6.61 Å². The zero-order valence-electron chi connectivity index (χ0n) is 14.7. The predicted molar refractivity (Wildman–Crippen MR) is 96.8 cm³/mol. The van der Waals surface area contributed by atoms with Gasteiger partial charge in [0.15, 0.2) is 11.5 Å². The van der Waals surface area contributed by atoms with Gasteiger partial charge in [0.2, 0.25) is 0 Å². The summed E-state index contributed by atoms with van der Waals surface area (Å²) in [5.41, 5.74) is 3.18. The summed E-state index contributed by atoms with van der Waals surface area (Å²) in [6.07, 6.45) is 1.20. The molecule has 1 amide bonds. The number of carbonyl (C=O) groups excluding carboxylic acids is 1. The highest BCUT2D eigenvalue weighted by atomic mass is 19.3. The molecule has 144 valence electrons. The van der Waals surface area contributed by atoms with Crippen molar-refractivity contribution in [2.24, 2.45) is 5.10 Å². The second-order valence-corrected chi connectivity index (χ2v) is 5.10. The summed E-state index contributed by atoms with van der Waals surface area (Å²) in [5, 5.41) is 6.68. The minimum Gasteiger partial charge on any atom is -0.495 e. The molecule has 7 nitrogen and oxygen atoms in total. The average molecular weight is 379 g/mol.